The van der Waals surface area contributed by atoms with E-state index in [1.807, 2.05) is 0 Å². The predicted octanol–water partition coefficient (Wildman–Crippen LogP) is 4.75. The van der Waals surface area contributed by atoms with E-state index in [2.05, 4.69) is 20.8 Å². The Bertz CT molecular complexity index is 1030. The number of hydrogen-bond donors (Lipinski definition) is 2. The fourth-order valence-corrected chi connectivity index (χ4v) is 2.37. The normalized spacial score (nSPS) is 11.4. The Kier molecular flexibility index (Phi) is 5.87. The molecule has 0 unspecified atom stereocenters. The van der Waals surface area contributed by atoms with Crippen molar-refractivity contribution in [2.45, 2.75) is 6.18 Å². The monoisotopic (exact) mass is 402 g/mol. The fraction of sp³-hybridized carbons (Fsp3) is 0.0500. The van der Waals surface area contributed by atoms with Crippen molar-refractivity contribution < 1.29 is 22.4 Å². The molecule has 0 atom stereocenters. The maximum atomic E-state index is 12.9. The molecule has 0 aliphatic rings. The van der Waals surface area contributed by atoms with Crippen molar-refractivity contribution in [2.24, 2.45) is 5.10 Å². The van der Waals surface area contributed by atoms with Gasteiger partial charge in [0.2, 0.25) is 0 Å². The maximum absolute atomic E-state index is 12.9. The highest BCUT2D eigenvalue weighted by Crippen LogP contribution is 2.31. The first kappa shape index (κ1) is 20.0. The molecule has 1 heterocycles. The molecule has 0 aliphatic heterocycles. The highest BCUT2D eigenvalue weighted by molar-refractivity contribution is 5.99. The second-order valence-corrected chi connectivity index (χ2v) is 5.85. The molecule has 29 heavy (non-hydrogen) atoms. The van der Waals surface area contributed by atoms with Crippen LogP contribution >= 0.6 is 0 Å². The van der Waals surface area contributed by atoms with Crippen molar-refractivity contribution >= 4 is 23.6 Å². The minimum Gasteiger partial charge on any atom is -0.340 e. The van der Waals surface area contributed by atoms with Crippen LogP contribution in [-0.4, -0.2) is 17.1 Å². The number of hydrogen-bond acceptors (Lipinski definition) is 4. The number of carbonyl (C=O) groups excluding carboxylic acids is 1. The van der Waals surface area contributed by atoms with E-state index in [1.54, 1.807) is 0 Å². The van der Waals surface area contributed by atoms with E-state index in [4.69, 9.17) is 0 Å². The molecular weight excluding hydrogens is 388 g/mol. The van der Waals surface area contributed by atoms with Gasteiger partial charge in [0.05, 0.1) is 17.3 Å². The van der Waals surface area contributed by atoms with Gasteiger partial charge in [-0.05, 0) is 48.0 Å². The van der Waals surface area contributed by atoms with Crippen molar-refractivity contribution in [2.75, 3.05) is 5.32 Å². The molecule has 148 valence electrons. The maximum Gasteiger partial charge on any atom is 0.416 e. The van der Waals surface area contributed by atoms with Crippen LogP contribution < -0.4 is 10.7 Å². The summed E-state index contributed by atoms with van der Waals surface area (Å²) in [4.78, 5) is 16.4. The number of alkyl halides is 3. The first-order chi connectivity index (χ1) is 13.8. The molecule has 0 radical (unpaired) electrons. The minimum absolute atomic E-state index is 0.0707. The average molecular weight is 402 g/mol. The van der Waals surface area contributed by atoms with Crippen LogP contribution in [0.5, 0.6) is 0 Å². The highest BCUT2D eigenvalue weighted by atomic mass is 19.4. The molecular formula is C20H14F4N4O. The lowest BCUT2D eigenvalue weighted by atomic mass is 10.2. The van der Waals surface area contributed by atoms with Crippen molar-refractivity contribution in [3.05, 3.63) is 89.4 Å². The molecule has 5 nitrogen and oxygen atoms in total. The summed E-state index contributed by atoms with van der Waals surface area (Å²) >= 11 is 0. The Balaban J connectivity index is 1.75. The van der Waals surface area contributed by atoms with E-state index in [1.165, 1.54) is 60.9 Å². The van der Waals surface area contributed by atoms with Crippen LogP contribution in [0.25, 0.3) is 0 Å². The van der Waals surface area contributed by atoms with Gasteiger partial charge in [-0.25, -0.2) is 14.8 Å². The van der Waals surface area contributed by atoms with E-state index in [9.17, 15) is 22.4 Å². The zero-order valence-corrected chi connectivity index (χ0v) is 14.7. The number of nitrogens with zero attached hydrogens (tertiary/aromatic N) is 2. The minimum atomic E-state index is -4.49. The molecule has 1 amide bonds. The van der Waals surface area contributed by atoms with Gasteiger partial charge in [0.15, 0.2) is 0 Å². The number of halogens is 4. The highest BCUT2D eigenvalue weighted by Gasteiger charge is 2.30. The Morgan fingerprint density at radius 1 is 1.03 bits per heavy atom. The van der Waals surface area contributed by atoms with Gasteiger partial charge in [-0.1, -0.05) is 18.2 Å². The number of carbonyl (C=O) groups is 1. The first-order valence-corrected chi connectivity index (χ1v) is 8.31. The molecule has 0 saturated heterocycles. The summed E-state index contributed by atoms with van der Waals surface area (Å²) in [5, 5.41) is 6.51. The SMILES string of the molecule is O=C(N/N=C/c1ccc(F)cc1)c1cccnc1Nc1cccc(C(F)(F)F)c1. The van der Waals surface area contributed by atoms with Crippen LogP contribution in [0.4, 0.5) is 29.1 Å². The van der Waals surface area contributed by atoms with Gasteiger partial charge in [0, 0.05) is 11.9 Å². The van der Waals surface area contributed by atoms with E-state index >= 15 is 0 Å². The van der Waals surface area contributed by atoms with E-state index in [-0.39, 0.29) is 17.1 Å². The Morgan fingerprint density at radius 3 is 2.52 bits per heavy atom. The molecule has 1 aromatic heterocycles. The largest absolute Gasteiger partial charge is 0.416 e. The van der Waals surface area contributed by atoms with Gasteiger partial charge in [-0.3, -0.25) is 4.79 Å². The third-order valence-corrected chi connectivity index (χ3v) is 3.75. The quantitative estimate of drug-likeness (QED) is 0.368. The number of rotatable bonds is 5. The smallest absolute Gasteiger partial charge is 0.340 e. The number of anilines is 2. The molecule has 2 aromatic carbocycles. The standard InChI is InChI=1S/C20H14F4N4O/c21-15-8-6-13(7-9-15)12-26-28-19(29)17-5-2-10-25-18(17)27-16-4-1-3-14(11-16)20(22,23)24/h1-12H,(H,25,27)(H,28,29)/b26-12+. The summed E-state index contributed by atoms with van der Waals surface area (Å²) in [6, 6.07) is 13.0. The summed E-state index contributed by atoms with van der Waals surface area (Å²) < 4.78 is 51.5. The lowest BCUT2D eigenvalue weighted by Crippen LogP contribution is -2.19. The molecule has 9 heteroatoms. The van der Waals surface area contributed by atoms with Gasteiger partial charge >= 0.3 is 6.18 Å². The van der Waals surface area contributed by atoms with Gasteiger partial charge in [0.25, 0.3) is 5.91 Å². The Hall–Kier alpha value is -3.75. The molecule has 0 bridgehead atoms. The summed E-state index contributed by atoms with van der Waals surface area (Å²) in [7, 11) is 0. The average Bonchev–Trinajstić information content (AvgIpc) is 2.69. The van der Waals surface area contributed by atoms with E-state index < -0.39 is 23.5 Å². The van der Waals surface area contributed by atoms with Crippen molar-refractivity contribution in [3.8, 4) is 0 Å². The number of pyridine rings is 1. The topological polar surface area (TPSA) is 66.4 Å². The number of amides is 1. The van der Waals surface area contributed by atoms with Crippen molar-refractivity contribution in [3.63, 3.8) is 0 Å². The van der Waals surface area contributed by atoms with Gasteiger partial charge in [-0.2, -0.15) is 18.3 Å². The van der Waals surface area contributed by atoms with Gasteiger partial charge < -0.3 is 5.32 Å². The molecule has 0 spiro atoms. The molecule has 2 N–H and O–H groups in total. The third-order valence-electron chi connectivity index (χ3n) is 3.75. The van der Waals surface area contributed by atoms with Crippen LogP contribution in [0.15, 0.2) is 72.0 Å². The number of aromatic nitrogens is 1. The van der Waals surface area contributed by atoms with Crippen LogP contribution in [0.3, 0.4) is 0 Å². The summed E-state index contributed by atoms with van der Waals surface area (Å²) in [5.41, 5.74) is 2.26. The second kappa shape index (κ2) is 8.51. The lowest BCUT2D eigenvalue weighted by Gasteiger charge is -2.12. The van der Waals surface area contributed by atoms with Crippen molar-refractivity contribution in [1.29, 1.82) is 0 Å². The van der Waals surface area contributed by atoms with Crippen molar-refractivity contribution in [1.82, 2.24) is 10.4 Å². The summed E-state index contributed by atoms with van der Waals surface area (Å²) in [6.07, 6.45) is -1.76. The first-order valence-electron chi connectivity index (χ1n) is 8.31. The third kappa shape index (κ3) is 5.38. The van der Waals surface area contributed by atoms with Crippen LogP contribution in [0.2, 0.25) is 0 Å². The molecule has 3 aromatic rings. The number of benzene rings is 2. The number of nitrogens with one attached hydrogen (secondary N) is 2. The summed E-state index contributed by atoms with van der Waals surface area (Å²) in [6.45, 7) is 0. The zero-order valence-electron chi connectivity index (χ0n) is 14.7. The summed E-state index contributed by atoms with van der Waals surface area (Å²) in [5.74, 6) is -0.945. The predicted molar refractivity (Wildman–Crippen MR) is 100 cm³/mol. The van der Waals surface area contributed by atoms with Crippen LogP contribution in [0.1, 0.15) is 21.5 Å². The van der Waals surface area contributed by atoms with E-state index in [0.717, 1.165) is 12.1 Å². The Morgan fingerprint density at radius 2 is 1.79 bits per heavy atom. The van der Waals surface area contributed by atoms with Crippen LogP contribution in [-0.2, 0) is 6.18 Å². The lowest BCUT2D eigenvalue weighted by molar-refractivity contribution is -0.137. The second-order valence-electron chi connectivity index (χ2n) is 5.85. The van der Waals surface area contributed by atoms with Gasteiger partial charge in [-0.15, -0.1) is 0 Å². The molecule has 0 fully saturated rings. The Labute approximate surface area is 163 Å². The van der Waals surface area contributed by atoms with E-state index in [0.29, 0.717) is 5.56 Å². The zero-order chi connectivity index (χ0) is 20.9. The number of hydrazone groups is 1. The van der Waals surface area contributed by atoms with Crippen LogP contribution in [0, 0.1) is 5.82 Å². The van der Waals surface area contributed by atoms with Gasteiger partial charge in [0.1, 0.15) is 11.6 Å². The molecule has 0 saturated carbocycles. The molecule has 0 aliphatic carbocycles. The fourth-order valence-electron chi connectivity index (χ4n) is 2.37. The molecule has 3 rings (SSSR count).